The molecule has 0 heterocycles. The minimum absolute atomic E-state index is 0. The van der Waals surface area contributed by atoms with Gasteiger partial charge in [-0.1, -0.05) is 0 Å². The molecular weight excluding hydrogens is 288 g/mol. The molecule has 0 rings (SSSR count). The molecule has 0 aliphatic rings. The number of hydrogen-bond acceptors (Lipinski definition) is 7. The second kappa shape index (κ2) is 5.52. The Morgan fingerprint density at radius 1 is 1.00 bits per heavy atom. The van der Waals surface area contributed by atoms with E-state index in [2.05, 4.69) is 4.12 Å². The topological polar surface area (TPSA) is 145 Å². The van der Waals surface area contributed by atoms with Crippen LogP contribution in [-0.2, 0) is 26.5 Å². The molecule has 0 unspecified atom stereocenters. The first-order chi connectivity index (χ1) is 3.71. The van der Waals surface area contributed by atoms with Crippen LogP contribution in [0.5, 0.6) is 0 Å². The van der Waals surface area contributed by atoms with Gasteiger partial charge in [-0.3, -0.25) is 0 Å². The summed E-state index contributed by atoms with van der Waals surface area (Å²) in [6, 6.07) is 0. The minimum Gasteiger partial charge on any atom is -0.862 e. The van der Waals surface area contributed by atoms with Gasteiger partial charge in [0, 0.05) is 0 Å². The molecule has 66 valence electrons. The molecule has 7 nitrogen and oxygen atoms in total. The first-order valence-electron chi connectivity index (χ1n) is 1.65. The average molecular weight is 289 g/mol. The van der Waals surface area contributed by atoms with Crippen LogP contribution >= 0.6 is 0 Å². The van der Waals surface area contributed by atoms with Crippen LogP contribution in [0.2, 0.25) is 0 Å². The number of hydrogen-bond donors (Lipinski definition) is 1. The average Bonchev–Trinajstić information content (AvgIpc) is 1.14. The van der Waals surface area contributed by atoms with Gasteiger partial charge in [-0.05, 0) is 0 Å². The number of rotatable bonds is 2. The van der Waals surface area contributed by atoms with E-state index in [4.69, 9.17) is 4.80 Å². The fraction of sp³-hybridized carbons (Fsp3) is 0. The van der Waals surface area contributed by atoms with E-state index in [1.165, 1.54) is 0 Å². The fourth-order valence-corrected chi connectivity index (χ4v) is 1.42. The third kappa shape index (κ3) is 18.1. The summed E-state index contributed by atoms with van der Waals surface area (Å²) in [6.45, 7) is 0. The predicted octanol–water partition coefficient (Wildman–Crippen LogP) is -7.25. The summed E-state index contributed by atoms with van der Waals surface area (Å²) < 4.78 is 2.68. The van der Waals surface area contributed by atoms with Crippen LogP contribution in [0.15, 0.2) is 0 Å². The van der Waals surface area contributed by atoms with Crippen molar-refractivity contribution in [3.63, 3.8) is 0 Å². The van der Waals surface area contributed by atoms with Crippen LogP contribution in [0.3, 0.4) is 0 Å². The van der Waals surface area contributed by atoms with Crippen molar-refractivity contribution in [1.29, 1.82) is 0 Å². The molecule has 0 spiro atoms. The van der Waals surface area contributed by atoms with Crippen molar-refractivity contribution < 1.29 is 55.3 Å². The molecule has 0 aromatic rings. The van der Waals surface area contributed by atoms with Crippen molar-refractivity contribution in [1.82, 2.24) is 0 Å². The molecule has 0 aromatic carbocycles. The van der Waals surface area contributed by atoms with Gasteiger partial charge in [0.25, 0.3) is 0 Å². The van der Waals surface area contributed by atoms with Crippen LogP contribution in [0, 0.1) is 7.43 Å². The van der Waals surface area contributed by atoms with E-state index in [0.717, 1.165) is 0 Å². The molecule has 0 radical (unpaired) electrons. The van der Waals surface area contributed by atoms with E-state index in [9.17, 15) is 24.0 Å². The normalized spacial score (nSPS) is 11.5. The van der Waals surface area contributed by atoms with Crippen LogP contribution in [0.1, 0.15) is 0 Å². The molecule has 0 aliphatic heterocycles. The molecule has 0 amide bonds. The van der Waals surface area contributed by atoms with Gasteiger partial charge in [0.05, 0.1) is 0 Å². The van der Waals surface area contributed by atoms with Crippen molar-refractivity contribution in [3.8, 4) is 0 Å². The molecule has 0 aliphatic carbocycles. The molecule has 0 fully saturated rings. The molecular formula is CHAgO7Si2. The monoisotopic (exact) mass is 288 g/mol. The Morgan fingerprint density at radius 2 is 1.27 bits per heavy atom. The summed E-state index contributed by atoms with van der Waals surface area (Å²) >= 11 is 0. The third-order valence-electron chi connectivity index (χ3n) is 0.254. The third-order valence-corrected chi connectivity index (χ3v) is 2.29. The Labute approximate surface area is 81.0 Å². The Morgan fingerprint density at radius 3 is 1.27 bits per heavy atom. The van der Waals surface area contributed by atoms with Crippen molar-refractivity contribution in [2.75, 3.05) is 0 Å². The van der Waals surface area contributed by atoms with Gasteiger partial charge in [0.15, 0.2) is 0 Å². The first-order valence-corrected chi connectivity index (χ1v) is 4.96. The molecule has 0 saturated carbocycles. The Balaban J connectivity index is -0.000000320. The molecule has 1 N–H and O–H groups in total. The van der Waals surface area contributed by atoms with E-state index in [-0.39, 0.29) is 29.8 Å². The van der Waals surface area contributed by atoms with Gasteiger partial charge in [-0.2, -0.15) is 0 Å². The molecule has 11 heavy (non-hydrogen) atoms. The summed E-state index contributed by atoms with van der Waals surface area (Å²) in [5.74, 6) is 0. The Kier molecular flexibility index (Phi) is 8.96. The largest absolute Gasteiger partial charge is 4.00 e. The molecule has 10 heteroatoms. The van der Waals surface area contributed by atoms with Gasteiger partial charge in [0.2, 0.25) is 0 Å². The fourth-order valence-electron chi connectivity index (χ4n) is 0.158. The van der Waals surface area contributed by atoms with Crippen LogP contribution < -0.4 is 24.0 Å². The van der Waals surface area contributed by atoms with E-state index >= 15 is 0 Å². The van der Waals surface area contributed by atoms with E-state index in [1.54, 1.807) is 0 Å². The smallest absolute Gasteiger partial charge is 0.862 e. The van der Waals surface area contributed by atoms with E-state index in [0.29, 0.717) is 0 Å². The zero-order valence-corrected chi connectivity index (χ0v) is 8.18. The van der Waals surface area contributed by atoms with Crippen LogP contribution in [0.25, 0.3) is 0 Å². The zero-order valence-electron chi connectivity index (χ0n) is 4.70. The maximum atomic E-state index is 9.47. The summed E-state index contributed by atoms with van der Waals surface area (Å²) in [7, 11) is -11.5. The van der Waals surface area contributed by atoms with Crippen LogP contribution in [-0.4, -0.2) is 22.9 Å². The van der Waals surface area contributed by atoms with Crippen molar-refractivity contribution in [3.05, 3.63) is 7.43 Å². The standard InChI is InChI=1S/C.Ag.HO7Si2/c;;1-8(2,3)7-9(4,5)6/h;;1H/q+4;+1;-5. The van der Waals surface area contributed by atoms with Gasteiger partial charge >= 0.3 is 29.8 Å². The SMILES string of the molecule is [Ag+].[C+4].[O-][Si]([O-])([O-])O[Si]([O-])([O-])O. The van der Waals surface area contributed by atoms with E-state index in [1.807, 2.05) is 0 Å². The predicted molar refractivity (Wildman–Crippen MR) is 18.1 cm³/mol. The summed E-state index contributed by atoms with van der Waals surface area (Å²) in [6.07, 6.45) is 0. The Hall–Kier alpha value is 0.894. The van der Waals surface area contributed by atoms with Crippen molar-refractivity contribution in [2.45, 2.75) is 0 Å². The second-order valence-electron chi connectivity index (χ2n) is 1.13. The molecule has 0 bridgehead atoms. The molecule has 0 saturated heterocycles. The Bertz CT molecular complexity index is 81.6. The summed E-state index contributed by atoms with van der Waals surface area (Å²) in [4.78, 5) is 54.7. The van der Waals surface area contributed by atoms with Crippen molar-refractivity contribution in [2.24, 2.45) is 0 Å². The zero-order chi connectivity index (χ0) is 7.71. The van der Waals surface area contributed by atoms with Gasteiger partial charge in [-0.15, -0.1) is 9.05 Å². The van der Waals surface area contributed by atoms with Gasteiger partial charge in [-0.25, -0.2) is 0 Å². The maximum absolute atomic E-state index is 9.47. The van der Waals surface area contributed by atoms with Gasteiger partial charge < -0.3 is 32.9 Å². The molecule has 0 atom stereocenters. The summed E-state index contributed by atoms with van der Waals surface area (Å²) in [5.41, 5.74) is 0. The summed E-state index contributed by atoms with van der Waals surface area (Å²) in [5, 5.41) is 0. The first kappa shape index (κ1) is 17.8. The van der Waals surface area contributed by atoms with E-state index < -0.39 is 18.1 Å². The van der Waals surface area contributed by atoms with Gasteiger partial charge in [0.1, 0.15) is 9.05 Å². The quantitative estimate of drug-likeness (QED) is 0.497. The van der Waals surface area contributed by atoms with Crippen molar-refractivity contribution >= 4 is 18.1 Å². The second-order valence-corrected chi connectivity index (χ2v) is 3.99. The van der Waals surface area contributed by atoms with Crippen LogP contribution in [0.4, 0.5) is 0 Å². The molecule has 0 aromatic heterocycles. The maximum Gasteiger partial charge on any atom is 4.00 e. The minimum atomic E-state index is -5.86.